The number of imidazole rings is 1. The summed E-state index contributed by atoms with van der Waals surface area (Å²) in [6.45, 7) is 2.17. The summed E-state index contributed by atoms with van der Waals surface area (Å²) in [5.74, 6) is -0.322. The van der Waals surface area contributed by atoms with Crippen LogP contribution in [-0.2, 0) is 27.4 Å². The summed E-state index contributed by atoms with van der Waals surface area (Å²) in [6, 6.07) is 23.7. The van der Waals surface area contributed by atoms with Crippen LogP contribution in [0.3, 0.4) is 0 Å². The van der Waals surface area contributed by atoms with E-state index in [0.29, 0.717) is 30.1 Å². The van der Waals surface area contributed by atoms with Gasteiger partial charge in [0, 0.05) is 17.7 Å². The van der Waals surface area contributed by atoms with Crippen LogP contribution in [-0.4, -0.2) is 27.8 Å². The highest BCUT2D eigenvalue weighted by Crippen LogP contribution is 2.13. The Kier molecular flexibility index (Phi) is 8.51. The standard InChI is InChI=1S/C16H14N4O2.C10H12O2/c17-16(22)10-4-3-5-11(8-10)18-15(21)9-14-19-12-6-1-2-7-13(12)20-14;1-2-10(11)12-8-9-6-4-3-5-7-9/h1-8H,9H2,(H2,17,22)(H,18,21)(H,19,20);3-7H,2,8H2,1H3. The summed E-state index contributed by atoms with van der Waals surface area (Å²) in [5, 5.41) is 2.72. The predicted molar refractivity (Wildman–Crippen MR) is 130 cm³/mol. The van der Waals surface area contributed by atoms with Gasteiger partial charge in [-0.1, -0.05) is 55.5 Å². The van der Waals surface area contributed by atoms with E-state index in [9.17, 15) is 14.4 Å². The molecule has 0 bridgehead atoms. The molecule has 0 aliphatic rings. The molecule has 0 aliphatic heterocycles. The number of nitrogens with two attached hydrogens (primary N) is 1. The van der Waals surface area contributed by atoms with Gasteiger partial charge < -0.3 is 20.8 Å². The molecule has 0 spiro atoms. The molecule has 0 radical (unpaired) electrons. The number of hydrogen-bond acceptors (Lipinski definition) is 5. The molecule has 8 nitrogen and oxygen atoms in total. The smallest absolute Gasteiger partial charge is 0.305 e. The van der Waals surface area contributed by atoms with Crippen LogP contribution in [0.15, 0.2) is 78.9 Å². The fourth-order valence-corrected chi connectivity index (χ4v) is 3.04. The van der Waals surface area contributed by atoms with Crippen LogP contribution in [0.25, 0.3) is 11.0 Å². The average Bonchev–Trinajstić information content (AvgIpc) is 3.25. The molecule has 4 rings (SSSR count). The molecule has 1 heterocycles. The van der Waals surface area contributed by atoms with Crippen LogP contribution in [0.5, 0.6) is 0 Å². The Labute approximate surface area is 197 Å². The first-order valence-corrected chi connectivity index (χ1v) is 10.8. The minimum Gasteiger partial charge on any atom is -0.461 e. The second-order valence-corrected chi connectivity index (χ2v) is 7.37. The highest BCUT2D eigenvalue weighted by atomic mass is 16.5. The van der Waals surface area contributed by atoms with Crippen LogP contribution in [0.1, 0.15) is 35.1 Å². The first kappa shape index (κ1) is 24.2. The van der Waals surface area contributed by atoms with E-state index in [1.165, 1.54) is 0 Å². The minimum absolute atomic E-state index is 0.121. The van der Waals surface area contributed by atoms with E-state index in [-0.39, 0.29) is 18.3 Å². The van der Waals surface area contributed by atoms with E-state index < -0.39 is 5.91 Å². The zero-order valence-electron chi connectivity index (χ0n) is 18.8. The Hall–Kier alpha value is -4.46. The number of primary amides is 1. The topological polar surface area (TPSA) is 127 Å². The van der Waals surface area contributed by atoms with Crippen molar-refractivity contribution in [1.82, 2.24) is 9.97 Å². The van der Waals surface area contributed by atoms with E-state index in [4.69, 9.17) is 10.5 Å². The SMILES string of the molecule is CCC(=O)OCc1ccccc1.NC(=O)c1cccc(NC(=O)Cc2nc3ccccc3[nH]2)c1. The molecule has 4 N–H and O–H groups in total. The normalized spacial score (nSPS) is 10.1. The lowest BCUT2D eigenvalue weighted by molar-refractivity contribution is -0.144. The van der Waals surface area contributed by atoms with Crippen LogP contribution >= 0.6 is 0 Å². The van der Waals surface area contributed by atoms with Gasteiger partial charge in [0.15, 0.2) is 0 Å². The lowest BCUT2D eigenvalue weighted by atomic mass is 10.2. The van der Waals surface area contributed by atoms with Crippen LogP contribution in [0.2, 0.25) is 0 Å². The first-order valence-electron chi connectivity index (χ1n) is 10.8. The van der Waals surface area contributed by atoms with Gasteiger partial charge in [-0.3, -0.25) is 14.4 Å². The van der Waals surface area contributed by atoms with Gasteiger partial charge in [-0.2, -0.15) is 0 Å². The van der Waals surface area contributed by atoms with E-state index >= 15 is 0 Å². The fraction of sp³-hybridized carbons (Fsp3) is 0.154. The van der Waals surface area contributed by atoms with E-state index in [0.717, 1.165) is 16.6 Å². The molecule has 0 unspecified atom stereocenters. The summed E-state index contributed by atoms with van der Waals surface area (Å²) in [4.78, 5) is 41.4. The van der Waals surface area contributed by atoms with Gasteiger partial charge in [0.2, 0.25) is 11.8 Å². The van der Waals surface area contributed by atoms with Gasteiger partial charge in [-0.25, -0.2) is 4.98 Å². The summed E-state index contributed by atoms with van der Waals surface area (Å²) in [5.41, 5.74) is 8.82. The van der Waals surface area contributed by atoms with E-state index in [2.05, 4.69) is 15.3 Å². The number of aromatic nitrogens is 2. The fourth-order valence-electron chi connectivity index (χ4n) is 3.04. The van der Waals surface area contributed by atoms with Gasteiger partial charge in [0.25, 0.3) is 0 Å². The zero-order valence-corrected chi connectivity index (χ0v) is 18.8. The second-order valence-electron chi connectivity index (χ2n) is 7.37. The van der Waals surface area contributed by atoms with Crippen molar-refractivity contribution in [2.45, 2.75) is 26.4 Å². The molecular weight excluding hydrogens is 432 g/mol. The lowest BCUT2D eigenvalue weighted by Crippen LogP contribution is -2.16. The van der Waals surface area contributed by atoms with Crippen molar-refractivity contribution in [1.29, 1.82) is 0 Å². The van der Waals surface area contributed by atoms with Gasteiger partial charge >= 0.3 is 5.97 Å². The Bertz CT molecular complexity index is 1240. The highest BCUT2D eigenvalue weighted by molar-refractivity contribution is 5.96. The van der Waals surface area contributed by atoms with Crippen LogP contribution in [0.4, 0.5) is 5.69 Å². The molecule has 0 atom stereocenters. The van der Waals surface area contributed by atoms with Crippen molar-refractivity contribution < 1.29 is 19.1 Å². The lowest BCUT2D eigenvalue weighted by Gasteiger charge is -2.05. The zero-order chi connectivity index (χ0) is 24.3. The Morgan fingerprint density at radius 3 is 2.41 bits per heavy atom. The largest absolute Gasteiger partial charge is 0.461 e. The second kappa shape index (κ2) is 12.0. The molecule has 4 aromatic rings. The van der Waals surface area contributed by atoms with Crippen molar-refractivity contribution in [3.8, 4) is 0 Å². The quantitative estimate of drug-likeness (QED) is 0.361. The summed E-state index contributed by atoms with van der Waals surface area (Å²) < 4.78 is 4.94. The predicted octanol–water partition coefficient (Wildman–Crippen LogP) is 3.98. The number of amides is 2. The number of ether oxygens (including phenoxy) is 1. The molecule has 0 aliphatic carbocycles. The monoisotopic (exact) mass is 458 g/mol. The van der Waals surface area contributed by atoms with Crippen molar-refractivity contribution in [2.75, 3.05) is 5.32 Å². The molecule has 0 saturated heterocycles. The number of carbonyl (C=O) groups excluding carboxylic acids is 3. The molecule has 0 fully saturated rings. The van der Waals surface area contributed by atoms with Gasteiger partial charge in [-0.15, -0.1) is 0 Å². The number of nitrogens with zero attached hydrogens (tertiary/aromatic N) is 1. The number of H-pyrrole nitrogens is 1. The molecular formula is C26H26N4O4. The number of esters is 1. The number of para-hydroxylation sites is 2. The van der Waals surface area contributed by atoms with E-state index in [1.807, 2.05) is 54.6 Å². The maximum atomic E-state index is 12.1. The Morgan fingerprint density at radius 1 is 0.971 bits per heavy atom. The van der Waals surface area contributed by atoms with Crippen molar-refractivity contribution in [3.05, 3.63) is 95.8 Å². The number of nitrogens with one attached hydrogen (secondary N) is 2. The molecule has 1 aromatic heterocycles. The van der Waals surface area contributed by atoms with Crippen LogP contribution in [0, 0.1) is 0 Å². The number of fused-ring (bicyclic) bond motifs is 1. The Morgan fingerprint density at radius 2 is 1.71 bits per heavy atom. The number of anilines is 1. The Balaban J connectivity index is 0.000000229. The summed E-state index contributed by atoms with van der Waals surface area (Å²) >= 11 is 0. The minimum atomic E-state index is -0.534. The molecule has 8 heteroatoms. The van der Waals surface area contributed by atoms with Gasteiger partial charge in [0.05, 0.1) is 17.5 Å². The number of carbonyl (C=O) groups is 3. The maximum Gasteiger partial charge on any atom is 0.305 e. The van der Waals surface area contributed by atoms with Gasteiger partial charge in [0.1, 0.15) is 12.4 Å². The summed E-state index contributed by atoms with van der Waals surface area (Å²) in [6.07, 6.45) is 0.558. The van der Waals surface area contributed by atoms with Crippen LogP contribution < -0.4 is 11.1 Å². The number of aromatic amines is 1. The number of rotatable bonds is 7. The summed E-state index contributed by atoms with van der Waals surface area (Å²) in [7, 11) is 0. The highest BCUT2D eigenvalue weighted by Gasteiger charge is 2.09. The third kappa shape index (κ3) is 7.30. The molecule has 174 valence electrons. The van der Waals surface area contributed by atoms with Crippen molar-refractivity contribution in [2.24, 2.45) is 5.73 Å². The molecule has 34 heavy (non-hydrogen) atoms. The van der Waals surface area contributed by atoms with Crippen molar-refractivity contribution in [3.63, 3.8) is 0 Å². The number of hydrogen-bond donors (Lipinski definition) is 3. The third-order valence-corrected chi connectivity index (χ3v) is 4.73. The third-order valence-electron chi connectivity index (χ3n) is 4.73. The van der Waals surface area contributed by atoms with E-state index in [1.54, 1.807) is 31.2 Å². The van der Waals surface area contributed by atoms with Gasteiger partial charge in [-0.05, 0) is 35.9 Å². The average molecular weight is 459 g/mol. The maximum absolute atomic E-state index is 12.1. The molecule has 2 amide bonds. The first-order chi connectivity index (χ1) is 16.4. The molecule has 0 saturated carbocycles. The molecule has 3 aromatic carbocycles. The number of benzene rings is 3. The van der Waals surface area contributed by atoms with Crippen molar-refractivity contribution >= 4 is 34.5 Å².